The van der Waals surface area contributed by atoms with Crippen molar-refractivity contribution in [3.63, 3.8) is 0 Å². The van der Waals surface area contributed by atoms with Gasteiger partial charge in [0.05, 0.1) is 23.9 Å². The van der Waals surface area contributed by atoms with Crippen LogP contribution < -0.4 is 0 Å². The predicted molar refractivity (Wildman–Crippen MR) is 101 cm³/mol. The minimum absolute atomic E-state index is 0.287. The molecular formula is C20H15Cl2NO2. The highest BCUT2D eigenvalue weighted by Crippen LogP contribution is 2.46. The third kappa shape index (κ3) is 2.88. The van der Waals surface area contributed by atoms with E-state index >= 15 is 0 Å². The predicted octanol–water partition coefficient (Wildman–Crippen LogP) is 5.87. The second kappa shape index (κ2) is 6.32. The third-order valence-electron chi connectivity index (χ3n) is 4.47. The number of hydrogen-bond donors (Lipinski definition) is 0. The molecule has 0 amide bonds. The number of carbonyl (C=O) groups excluding carboxylic acids is 1. The fourth-order valence-corrected chi connectivity index (χ4v) is 3.56. The lowest BCUT2D eigenvalue weighted by Crippen LogP contribution is -2.10. The van der Waals surface area contributed by atoms with Crippen molar-refractivity contribution in [3.05, 3.63) is 63.8 Å². The number of pyridine rings is 1. The number of hydrogen-bond acceptors (Lipinski definition) is 3. The molecule has 5 heteroatoms. The molecule has 3 aromatic rings. The van der Waals surface area contributed by atoms with Gasteiger partial charge in [0, 0.05) is 32.5 Å². The van der Waals surface area contributed by atoms with Crippen LogP contribution in [0.1, 0.15) is 34.8 Å². The van der Waals surface area contributed by atoms with Crippen LogP contribution in [-0.4, -0.2) is 18.1 Å². The lowest BCUT2D eigenvalue weighted by molar-refractivity contribution is 0.0600. The first-order chi connectivity index (χ1) is 12.1. The van der Waals surface area contributed by atoms with Gasteiger partial charge in [-0.15, -0.1) is 0 Å². The van der Waals surface area contributed by atoms with Crippen LogP contribution in [0.4, 0.5) is 0 Å². The van der Waals surface area contributed by atoms with E-state index in [4.69, 9.17) is 32.9 Å². The monoisotopic (exact) mass is 371 g/mol. The standard InChI is InChI=1S/C20H15Cl2NO2/c1-25-20(24)18-17(13-4-2-3-5-15(13)22)14-10-12(21)8-9-16(14)23-19(18)11-6-7-11/h2-5,8-11H,6-7H2,1H3. The fourth-order valence-electron chi connectivity index (χ4n) is 3.16. The Morgan fingerprint density at radius 2 is 1.92 bits per heavy atom. The maximum atomic E-state index is 12.7. The number of esters is 1. The molecular weight excluding hydrogens is 357 g/mol. The maximum absolute atomic E-state index is 12.7. The molecule has 0 unspecified atom stereocenters. The van der Waals surface area contributed by atoms with Gasteiger partial charge < -0.3 is 4.74 Å². The summed E-state index contributed by atoms with van der Waals surface area (Å²) >= 11 is 12.7. The van der Waals surface area contributed by atoms with Crippen molar-refractivity contribution < 1.29 is 9.53 Å². The van der Waals surface area contributed by atoms with Gasteiger partial charge >= 0.3 is 5.97 Å². The maximum Gasteiger partial charge on any atom is 0.340 e. The Labute approximate surface area is 155 Å². The molecule has 0 atom stereocenters. The quantitative estimate of drug-likeness (QED) is 0.540. The van der Waals surface area contributed by atoms with Gasteiger partial charge in [0.25, 0.3) is 0 Å². The molecule has 0 spiro atoms. The van der Waals surface area contributed by atoms with Crippen LogP contribution in [-0.2, 0) is 4.74 Å². The van der Waals surface area contributed by atoms with Crippen LogP contribution in [0.15, 0.2) is 42.5 Å². The number of halogens is 2. The van der Waals surface area contributed by atoms with E-state index in [0.717, 1.165) is 40.6 Å². The van der Waals surface area contributed by atoms with E-state index in [1.165, 1.54) is 7.11 Å². The summed E-state index contributed by atoms with van der Waals surface area (Å²) in [5.41, 5.74) is 3.60. The molecule has 0 N–H and O–H groups in total. The molecule has 1 aromatic heterocycles. The molecule has 1 aliphatic carbocycles. The number of nitrogens with zero attached hydrogens (tertiary/aromatic N) is 1. The largest absolute Gasteiger partial charge is 0.465 e. The Balaban J connectivity index is 2.17. The third-order valence-corrected chi connectivity index (χ3v) is 5.04. The lowest BCUT2D eigenvalue weighted by Gasteiger charge is -2.17. The van der Waals surface area contributed by atoms with Crippen molar-refractivity contribution >= 4 is 40.1 Å². The molecule has 1 heterocycles. The molecule has 25 heavy (non-hydrogen) atoms. The Morgan fingerprint density at radius 1 is 1.16 bits per heavy atom. The first-order valence-electron chi connectivity index (χ1n) is 8.06. The average molecular weight is 372 g/mol. The van der Waals surface area contributed by atoms with E-state index in [0.29, 0.717) is 15.6 Å². The molecule has 2 aromatic carbocycles. The van der Waals surface area contributed by atoms with Crippen LogP contribution in [0.2, 0.25) is 10.0 Å². The van der Waals surface area contributed by atoms with Gasteiger partial charge in [-0.25, -0.2) is 4.79 Å². The van der Waals surface area contributed by atoms with Gasteiger partial charge in [0.2, 0.25) is 0 Å². The summed E-state index contributed by atoms with van der Waals surface area (Å²) in [4.78, 5) is 17.4. The van der Waals surface area contributed by atoms with Crippen molar-refractivity contribution in [2.24, 2.45) is 0 Å². The van der Waals surface area contributed by atoms with Crippen LogP contribution in [0.25, 0.3) is 22.0 Å². The summed E-state index contributed by atoms with van der Waals surface area (Å²) in [6, 6.07) is 13.0. The minimum Gasteiger partial charge on any atom is -0.465 e. The van der Waals surface area contributed by atoms with Crippen LogP contribution in [0.3, 0.4) is 0 Å². The molecule has 126 valence electrons. The zero-order chi connectivity index (χ0) is 17.6. The lowest BCUT2D eigenvalue weighted by atomic mass is 9.92. The highest BCUT2D eigenvalue weighted by Gasteiger charge is 2.33. The Hall–Kier alpha value is -2.10. The summed E-state index contributed by atoms with van der Waals surface area (Å²) in [5, 5.41) is 1.95. The van der Waals surface area contributed by atoms with Gasteiger partial charge in [0.15, 0.2) is 0 Å². The van der Waals surface area contributed by atoms with Crippen molar-refractivity contribution in [2.45, 2.75) is 18.8 Å². The molecule has 0 bridgehead atoms. The van der Waals surface area contributed by atoms with Crippen LogP contribution in [0, 0.1) is 0 Å². The number of rotatable bonds is 3. The van der Waals surface area contributed by atoms with Crippen LogP contribution in [0.5, 0.6) is 0 Å². The molecule has 0 radical (unpaired) electrons. The van der Waals surface area contributed by atoms with Crippen molar-refractivity contribution in [1.29, 1.82) is 0 Å². The molecule has 1 aliphatic rings. The highest BCUT2D eigenvalue weighted by atomic mass is 35.5. The minimum atomic E-state index is -0.397. The summed E-state index contributed by atoms with van der Waals surface area (Å²) < 4.78 is 5.08. The molecule has 3 nitrogen and oxygen atoms in total. The van der Waals surface area contributed by atoms with Crippen molar-refractivity contribution in [2.75, 3.05) is 7.11 Å². The average Bonchev–Trinajstić information content (AvgIpc) is 3.45. The first kappa shape index (κ1) is 16.4. The summed E-state index contributed by atoms with van der Waals surface area (Å²) in [6.45, 7) is 0. The van der Waals surface area contributed by atoms with E-state index < -0.39 is 5.97 Å². The summed E-state index contributed by atoms with van der Waals surface area (Å²) in [6.07, 6.45) is 2.05. The summed E-state index contributed by atoms with van der Waals surface area (Å²) in [7, 11) is 1.39. The van der Waals surface area contributed by atoms with Crippen molar-refractivity contribution in [1.82, 2.24) is 4.98 Å². The Bertz CT molecular complexity index is 996. The van der Waals surface area contributed by atoms with Gasteiger partial charge in [-0.2, -0.15) is 0 Å². The van der Waals surface area contributed by atoms with E-state index in [2.05, 4.69) is 0 Å². The Morgan fingerprint density at radius 3 is 2.60 bits per heavy atom. The van der Waals surface area contributed by atoms with E-state index in [1.54, 1.807) is 0 Å². The summed E-state index contributed by atoms with van der Waals surface area (Å²) in [5.74, 6) is -0.110. The van der Waals surface area contributed by atoms with Crippen LogP contribution >= 0.6 is 23.2 Å². The zero-order valence-corrected chi connectivity index (χ0v) is 15.1. The SMILES string of the molecule is COC(=O)c1c(C2CC2)nc2ccc(Cl)cc2c1-c1ccccc1Cl. The topological polar surface area (TPSA) is 39.2 Å². The highest BCUT2D eigenvalue weighted by molar-refractivity contribution is 6.34. The zero-order valence-electron chi connectivity index (χ0n) is 13.6. The van der Waals surface area contributed by atoms with E-state index in [1.807, 2.05) is 42.5 Å². The molecule has 0 saturated heterocycles. The molecule has 1 fully saturated rings. The number of aromatic nitrogens is 1. The van der Waals surface area contributed by atoms with Gasteiger partial charge in [0.1, 0.15) is 0 Å². The van der Waals surface area contributed by atoms with Gasteiger partial charge in [-0.3, -0.25) is 4.98 Å². The second-order valence-corrected chi connectivity index (χ2v) is 7.00. The number of fused-ring (bicyclic) bond motifs is 1. The molecule has 4 rings (SSSR count). The second-order valence-electron chi connectivity index (χ2n) is 6.15. The molecule has 1 saturated carbocycles. The van der Waals surface area contributed by atoms with E-state index in [9.17, 15) is 4.79 Å². The van der Waals surface area contributed by atoms with Gasteiger partial charge in [-0.1, -0.05) is 41.4 Å². The van der Waals surface area contributed by atoms with Gasteiger partial charge in [-0.05, 0) is 37.1 Å². The number of ether oxygens (including phenoxy) is 1. The normalized spacial score (nSPS) is 13.9. The molecule has 0 aliphatic heterocycles. The fraction of sp³-hybridized carbons (Fsp3) is 0.200. The Kier molecular flexibility index (Phi) is 4.14. The smallest absolute Gasteiger partial charge is 0.340 e. The number of methoxy groups -OCH3 is 1. The number of benzene rings is 2. The van der Waals surface area contributed by atoms with E-state index in [-0.39, 0.29) is 5.92 Å². The van der Waals surface area contributed by atoms with Crippen molar-refractivity contribution in [3.8, 4) is 11.1 Å². The first-order valence-corrected chi connectivity index (χ1v) is 8.82. The number of carbonyl (C=O) groups is 1.